The van der Waals surface area contributed by atoms with Crippen molar-refractivity contribution in [1.82, 2.24) is 0 Å². The van der Waals surface area contributed by atoms with Gasteiger partial charge in [-0.25, -0.2) is 0 Å². The molecule has 4 heteroatoms. The van der Waals surface area contributed by atoms with Crippen LogP contribution in [0.4, 0.5) is 0 Å². The molecule has 0 aliphatic rings. The molecule has 0 saturated heterocycles. The summed E-state index contributed by atoms with van der Waals surface area (Å²) < 4.78 is 5.02. The fraction of sp³-hybridized carbons (Fsp3) is 0.222. The van der Waals surface area contributed by atoms with E-state index in [0.717, 1.165) is 11.1 Å². The van der Waals surface area contributed by atoms with Crippen LogP contribution in [-0.4, -0.2) is 18.5 Å². The van der Waals surface area contributed by atoms with E-state index in [1.807, 2.05) is 6.92 Å². The second kappa shape index (κ2) is 4.14. The van der Waals surface area contributed by atoms with Gasteiger partial charge in [0.1, 0.15) is 5.75 Å². The second-order valence-electron chi connectivity index (χ2n) is 2.59. The van der Waals surface area contributed by atoms with Gasteiger partial charge in [-0.3, -0.25) is 0 Å². The van der Waals surface area contributed by atoms with Gasteiger partial charge >= 0.3 is 0 Å². The number of rotatable bonds is 2. The molecule has 0 aliphatic carbocycles. The molecule has 0 aliphatic heterocycles. The van der Waals surface area contributed by atoms with Crippen molar-refractivity contribution in [2.45, 2.75) is 6.92 Å². The van der Waals surface area contributed by atoms with Gasteiger partial charge in [-0.2, -0.15) is 0 Å². The van der Waals surface area contributed by atoms with Crippen LogP contribution in [0.5, 0.6) is 5.75 Å². The summed E-state index contributed by atoms with van der Waals surface area (Å²) in [6.07, 6.45) is 1.33. The third kappa shape index (κ3) is 2.12. The predicted octanol–water partition coefficient (Wildman–Crippen LogP) is 2.47. The molecule has 0 radical (unpaired) electrons. The first-order valence-electron chi connectivity index (χ1n) is 3.70. The van der Waals surface area contributed by atoms with Gasteiger partial charge in [-0.15, -0.1) is 0 Å². The van der Waals surface area contributed by atoms with E-state index < -0.39 is 0 Å². The van der Waals surface area contributed by atoms with E-state index >= 15 is 0 Å². The van der Waals surface area contributed by atoms with Crippen LogP contribution in [0, 0.1) is 6.92 Å². The number of hydrogen-bond acceptors (Lipinski definition) is 3. The lowest BCUT2D eigenvalue weighted by Gasteiger charge is -2.06. The molecule has 0 fully saturated rings. The van der Waals surface area contributed by atoms with Crippen molar-refractivity contribution in [2.75, 3.05) is 7.11 Å². The van der Waals surface area contributed by atoms with Crippen LogP contribution in [0.2, 0.25) is 5.02 Å². The summed E-state index contributed by atoms with van der Waals surface area (Å²) in [7, 11) is 1.56. The summed E-state index contributed by atoms with van der Waals surface area (Å²) in [6.45, 7) is 1.88. The molecule has 0 unspecified atom stereocenters. The minimum atomic E-state index is 0.503. The van der Waals surface area contributed by atoms with Gasteiger partial charge in [0.2, 0.25) is 0 Å². The zero-order chi connectivity index (χ0) is 9.84. The van der Waals surface area contributed by atoms with Crippen LogP contribution in [-0.2, 0) is 0 Å². The number of ether oxygens (including phenoxy) is 1. The van der Waals surface area contributed by atoms with E-state index in [9.17, 15) is 0 Å². The summed E-state index contributed by atoms with van der Waals surface area (Å²) in [6, 6.07) is 3.48. The molecule has 13 heavy (non-hydrogen) atoms. The highest BCUT2D eigenvalue weighted by Gasteiger charge is 2.04. The molecule has 0 aromatic heterocycles. The van der Waals surface area contributed by atoms with E-state index in [0.29, 0.717) is 10.8 Å². The molecule has 3 nitrogen and oxygen atoms in total. The number of nitrogens with zero attached hydrogens (tertiary/aromatic N) is 1. The molecule has 0 bridgehead atoms. The number of oxime groups is 1. The Kier molecular flexibility index (Phi) is 3.14. The quantitative estimate of drug-likeness (QED) is 0.452. The Bertz CT molecular complexity index is 337. The minimum Gasteiger partial charge on any atom is -0.495 e. The van der Waals surface area contributed by atoms with Crippen molar-refractivity contribution in [2.24, 2.45) is 5.16 Å². The summed E-state index contributed by atoms with van der Waals surface area (Å²) in [4.78, 5) is 0. The number of methoxy groups -OCH3 is 1. The van der Waals surface area contributed by atoms with Crippen molar-refractivity contribution < 1.29 is 9.94 Å². The Labute approximate surface area is 81.6 Å². The molecule has 1 rings (SSSR count). The normalized spacial score (nSPS) is 10.7. The van der Waals surface area contributed by atoms with E-state index in [4.69, 9.17) is 21.5 Å². The van der Waals surface area contributed by atoms with Crippen molar-refractivity contribution in [3.05, 3.63) is 28.3 Å². The van der Waals surface area contributed by atoms with Crippen LogP contribution in [0.1, 0.15) is 11.1 Å². The fourth-order valence-corrected chi connectivity index (χ4v) is 1.28. The lowest BCUT2D eigenvalue weighted by atomic mass is 10.1. The first-order chi connectivity index (χ1) is 6.19. The van der Waals surface area contributed by atoms with Gasteiger partial charge in [0.25, 0.3) is 0 Å². The zero-order valence-electron chi connectivity index (χ0n) is 7.41. The zero-order valence-corrected chi connectivity index (χ0v) is 8.17. The third-order valence-electron chi connectivity index (χ3n) is 1.74. The average Bonchev–Trinajstić information content (AvgIpc) is 2.11. The Morgan fingerprint density at radius 2 is 2.23 bits per heavy atom. The molecular formula is C9H10ClNO2. The highest BCUT2D eigenvalue weighted by Crippen LogP contribution is 2.26. The first kappa shape index (κ1) is 9.86. The summed E-state index contributed by atoms with van der Waals surface area (Å²) >= 11 is 5.87. The first-order valence-corrected chi connectivity index (χ1v) is 4.08. The molecule has 1 aromatic rings. The fourth-order valence-electron chi connectivity index (χ4n) is 1.03. The van der Waals surface area contributed by atoms with Crippen molar-refractivity contribution in [1.29, 1.82) is 0 Å². The number of halogens is 1. The lowest BCUT2D eigenvalue weighted by molar-refractivity contribution is 0.322. The van der Waals surface area contributed by atoms with Crippen LogP contribution < -0.4 is 4.74 Å². The lowest BCUT2D eigenvalue weighted by Crippen LogP contribution is -1.91. The topological polar surface area (TPSA) is 41.8 Å². The van der Waals surface area contributed by atoms with Gasteiger partial charge in [-0.1, -0.05) is 16.8 Å². The smallest absolute Gasteiger partial charge is 0.137 e. The van der Waals surface area contributed by atoms with Gasteiger partial charge < -0.3 is 9.94 Å². The highest BCUT2D eigenvalue weighted by molar-refractivity contribution is 6.32. The molecule has 0 heterocycles. The Hall–Kier alpha value is -1.22. The van der Waals surface area contributed by atoms with E-state index in [-0.39, 0.29) is 0 Å². The Balaban J connectivity index is 3.20. The third-order valence-corrected chi connectivity index (χ3v) is 2.03. The molecule has 0 atom stereocenters. The molecule has 0 saturated carbocycles. The second-order valence-corrected chi connectivity index (χ2v) is 3.00. The molecule has 0 amide bonds. The van der Waals surface area contributed by atoms with Crippen LogP contribution in [0.25, 0.3) is 0 Å². The molecule has 1 N–H and O–H groups in total. The maximum absolute atomic E-state index is 8.36. The average molecular weight is 200 g/mol. The Morgan fingerprint density at radius 1 is 1.54 bits per heavy atom. The number of benzene rings is 1. The highest BCUT2D eigenvalue weighted by atomic mass is 35.5. The minimum absolute atomic E-state index is 0.503. The van der Waals surface area contributed by atoms with Gasteiger partial charge in [-0.05, 0) is 24.6 Å². The standard InChI is InChI=1S/C9H10ClNO2/c1-6-3-9(13-2)8(10)4-7(6)5-11-12/h3-5,12H,1-2H3/b11-5+. The maximum atomic E-state index is 8.36. The summed E-state index contributed by atoms with van der Waals surface area (Å²) in [5, 5.41) is 11.8. The number of aryl methyl sites for hydroxylation is 1. The maximum Gasteiger partial charge on any atom is 0.137 e. The monoisotopic (exact) mass is 199 g/mol. The van der Waals surface area contributed by atoms with Crippen LogP contribution in [0.3, 0.4) is 0 Å². The van der Waals surface area contributed by atoms with E-state index in [2.05, 4.69) is 5.16 Å². The van der Waals surface area contributed by atoms with E-state index in [1.165, 1.54) is 6.21 Å². The molecule has 70 valence electrons. The van der Waals surface area contributed by atoms with Crippen molar-refractivity contribution in [3.63, 3.8) is 0 Å². The number of hydrogen-bond donors (Lipinski definition) is 1. The Morgan fingerprint density at radius 3 is 2.77 bits per heavy atom. The molecule has 1 aromatic carbocycles. The SMILES string of the molecule is COc1cc(C)c(/C=N/O)cc1Cl. The van der Waals surface area contributed by atoms with Crippen LogP contribution >= 0.6 is 11.6 Å². The van der Waals surface area contributed by atoms with Gasteiger partial charge in [0.05, 0.1) is 18.3 Å². The molecular weight excluding hydrogens is 190 g/mol. The van der Waals surface area contributed by atoms with E-state index in [1.54, 1.807) is 19.2 Å². The predicted molar refractivity (Wildman–Crippen MR) is 52.1 cm³/mol. The summed E-state index contributed by atoms with van der Waals surface area (Å²) in [5.74, 6) is 0.620. The summed E-state index contributed by atoms with van der Waals surface area (Å²) in [5.41, 5.74) is 1.72. The molecule has 0 spiro atoms. The van der Waals surface area contributed by atoms with Gasteiger partial charge in [0, 0.05) is 5.56 Å². The van der Waals surface area contributed by atoms with Gasteiger partial charge in [0.15, 0.2) is 0 Å². The van der Waals surface area contributed by atoms with Crippen molar-refractivity contribution in [3.8, 4) is 5.75 Å². The largest absolute Gasteiger partial charge is 0.495 e. The van der Waals surface area contributed by atoms with Crippen LogP contribution in [0.15, 0.2) is 17.3 Å². The van der Waals surface area contributed by atoms with Crippen molar-refractivity contribution >= 4 is 17.8 Å².